The summed E-state index contributed by atoms with van der Waals surface area (Å²) in [5.74, 6) is -3.68. The molecular formula is C12H13F2NO3. The molecule has 0 spiro atoms. The van der Waals surface area contributed by atoms with Crippen molar-refractivity contribution in [2.75, 3.05) is 7.05 Å². The molecular weight excluding hydrogens is 244 g/mol. The predicted molar refractivity (Wildman–Crippen MR) is 59.8 cm³/mol. The highest BCUT2D eigenvalue weighted by atomic mass is 19.1. The smallest absolute Gasteiger partial charge is 0.334 e. The number of amides is 1. The van der Waals surface area contributed by atoms with Crippen molar-refractivity contribution in [3.05, 3.63) is 35.4 Å². The summed E-state index contributed by atoms with van der Waals surface area (Å²) in [6.07, 6.45) is 0. The first-order chi connectivity index (χ1) is 8.19. The number of aliphatic carboxylic acids is 1. The molecule has 98 valence electrons. The predicted octanol–water partition coefficient (Wildman–Crippen LogP) is 1.74. The highest BCUT2D eigenvalue weighted by molar-refractivity contribution is 5.86. The van der Waals surface area contributed by atoms with Crippen LogP contribution < -0.4 is 0 Å². The van der Waals surface area contributed by atoms with Gasteiger partial charge in [0.15, 0.2) is 5.54 Å². The van der Waals surface area contributed by atoms with E-state index < -0.39 is 29.0 Å². The van der Waals surface area contributed by atoms with Gasteiger partial charge in [-0.1, -0.05) is 0 Å². The normalized spacial score (nSPS) is 13.8. The van der Waals surface area contributed by atoms with Gasteiger partial charge in [0, 0.05) is 20.0 Å². The molecule has 0 radical (unpaired) electrons. The van der Waals surface area contributed by atoms with E-state index in [4.69, 9.17) is 0 Å². The lowest BCUT2D eigenvalue weighted by Gasteiger charge is -2.34. The second-order valence-electron chi connectivity index (χ2n) is 4.11. The van der Waals surface area contributed by atoms with Crippen molar-refractivity contribution in [3.63, 3.8) is 0 Å². The van der Waals surface area contributed by atoms with Crippen LogP contribution in [0.5, 0.6) is 0 Å². The molecule has 1 aromatic carbocycles. The van der Waals surface area contributed by atoms with E-state index in [-0.39, 0.29) is 5.56 Å². The Hall–Kier alpha value is -1.98. The van der Waals surface area contributed by atoms with Gasteiger partial charge in [-0.25, -0.2) is 13.6 Å². The van der Waals surface area contributed by atoms with Crippen molar-refractivity contribution in [2.24, 2.45) is 0 Å². The number of carboxylic acids is 1. The molecule has 1 aromatic rings. The van der Waals surface area contributed by atoms with E-state index in [9.17, 15) is 23.5 Å². The van der Waals surface area contributed by atoms with Gasteiger partial charge in [-0.15, -0.1) is 0 Å². The van der Waals surface area contributed by atoms with Gasteiger partial charge in [-0.2, -0.15) is 0 Å². The Labute approximate surface area is 103 Å². The minimum atomic E-state index is -1.82. The summed E-state index contributed by atoms with van der Waals surface area (Å²) >= 11 is 0. The fourth-order valence-corrected chi connectivity index (χ4v) is 1.61. The topological polar surface area (TPSA) is 57.6 Å². The molecule has 6 heteroatoms. The molecule has 0 saturated heterocycles. The Kier molecular flexibility index (Phi) is 3.69. The molecule has 0 aliphatic carbocycles. The molecule has 0 saturated carbocycles. The van der Waals surface area contributed by atoms with Gasteiger partial charge in [0.1, 0.15) is 11.6 Å². The summed E-state index contributed by atoms with van der Waals surface area (Å²) in [5, 5.41) is 9.25. The molecule has 0 fully saturated rings. The molecule has 0 aliphatic rings. The minimum absolute atomic E-state index is 0.134. The van der Waals surface area contributed by atoms with E-state index in [1.54, 1.807) is 0 Å². The maximum Gasteiger partial charge on any atom is 0.334 e. The van der Waals surface area contributed by atoms with Crippen molar-refractivity contribution >= 4 is 11.9 Å². The first-order valence-corrected chi connectivity index (χ1v) is 5.14. The van der Waals surface area contributed by atoms with Gasteiger partial charge < -0.3 is 10.0 Å². The number of carbonyl (C=O) groups excluding carboxylic acids is 1. The fourth-order valence-electron chi connectivity index (χ4n) is 1.61. The van der Waals surface area contributed by atoms with E-state index in [2.05, 4.69) is 0 Å². The Morgan fingerprint density at radius 3 is 2.00 bits per heavy atom. The summed E-state index contributed by atoms with van der Waals surface area (Å²) in [6.45, 7) is 2.39. The molecule has 1 N–H and O–H groups in total. The quantitative estimate of drug-likeness (QED) is 0.897. The first-order valence-electron chi connectivity index (χ1n) is 5.14. The number of nitrogens with zero attached hydrogens (tertiary/aromatic N) is 1. The molecule has 18 heavy (non-hydrogen) atoms. The number of hydrogen-bond acceptors (Lipinski definition) is 2. The molecule has 1 atom stereocenters. The van der Waals surface area contributed by atoms with Gasteiger partial charge in [-0.05, 0) is 24.6 Å². The number of likely N-dealkylation sites (N-methyl/N-ethyl adjacent to an activating group) is 1. The lowest BCUT2D eigenvalue weighted by molar-refractivity contribution is -0.156. The van der Waals surface area contributed by atoms with E-state index in [0.717, 1.165) is 17.0 Å². The third-order valence-electron chi connectivity index (χ3n) is 2.98. The first kappa shape index (κ1) is 14.1. The average molecular weight is 257 g/mol. The summed E-state index contributed by atoms with van der Waals surface area (Å²) < 4.78 is 26.3. The van der Waals surface area contributed by atoms with Crippen LogP contribution in [-0.2, 0) is 15.1 Å². The molecule has 0 bridgehead atoms. The Morgan fingerprint density at radius 2 is 1.67 bits per heavy atom. The van der Waals surface area contributed by atoms with Gasteiger partial charge in [0.05, 0.1) is 0 Å². The van der Waals surface area contributed by atoms with E-state index in [1.807, 2.05) is 0 Å². The van der Waals surface area contributed by atoms with Crippen LogP contribution in [0.4, 0.5) is 8.78 Å². The highest BCUT2D eigenvalue weighted by Crippen LogP contribution is 2.29. The van der Waals surface area contributed by atoms with Crippen molar-refractivity contribution in [2.45, 2.75) is 19.4 Å². The molecule has 4 nitrogen and oxygen atoms in total. The Balaban J connectivity index is 3.45. The van der Waals surface area contributed by atoms with E-state index in [1.165, 1.54) is 20.9 Å². The average Bonchev–Trinajstić information content (AvgIpc) is 2.25. The number of rotatable bonds is 3. The van der Waals surface area contributed by atoms with Crippen LogP contribution in [-0.4, -0.2) is 28.9 Å². The van der Waals surface area contributed by atoms with Crippen LogP contribution >= 0.6 is 0 Å². The van der Waals surface area contributed by atoms with Crippen molar-refractivity contribution < 1.29 is 23.5 Å². The maximum absolute atomic E-state index is 13.1. The highest BCUT2D eigenvalue weighted by Gasteiger charge is 2.41. The zero-order valence-electron chi connectivity index (χ0n) is 10.2. The number of carbonyl (C=O) groups is 2. The minimum Gasteiger partial charge on any atom is -0.479 e. The SMILES string of the molecule is CC(=O)N(C)C(C)(C(=O)O)c1cc(F)cc(F)c1. The Bertz CT molecular complexity index is 484. The third kappa shape index (κ3) is 2.32. The van der Waals surface area contributed by atoms with Crippen molar-refractivity contribution in [1.82, 2.24) is 4.90 Å². The standard InChI is InChI=1S/C12H13F2NO3/c1-7(16)15(3)12(2,11(17)18)8-4-9(13)6-10(14)5-8/h4-6H,1-3H3,(H,17,18). The molecule has 0 aliphatic heterocycles. The fraction of sp³-hybridized carbons (Fsp3) is 0.333. The van der Waals surface area contributed by atoms with E-state index >= 15 is 0 Å². The lowest BCUT2D eigenvalue weighted by Crippen LogP contribution is -2.50. The zero-order valence-corrected chi connectivity index (χ0v) is 10.2. The van der Waals surface area contributed by atoms with Crippen LogP contribution in [0.25, 0.3) is 0 Å². The van der Waals surface area contributed by atoms with E-state index in [0.29, 0.717) is 6.07 Å². The summed E-state index contributed by atoms with van der Waals surface area (Å²) in [4.78, 5) is 23.6. The number of hydrogen-bond donors (Lipinski definition) is 1. The summed E-state index contributed by atoms with van der Waals surface area (Å²) in [7, 11) is 1.26. The third-order valence-corrected chi connectivity index (χ3v) is 2.98. The van der Waals surface area contributed by atoms with Crippen molar-refractivity contribution in [3.8, 4) is 0 Å². The van der Waals surface area contributed by atoms with Gasteiger partial charge in [-0.3, -0.25) is 4.79 Å². The molecule has 1 rings (SSSR count). The van der Waals surface area contributed by atoms with Crippen LogP contribution in [0, 0.1) is 11.6 Å². The van der Waals surface area contributed by atoms with Crippen LogP contribution in [0.15, 0.2) is 18.2 Å². The second kappa shape index (κ2) is 4.72. The van der Waals surface area contributed by atoms with Gasteiger partial charge in [0.25, 0.3) is 0 Å². The van der Waals surface area contributed by atoms with Crippen LogP contribution in [0.1, 0.15) is 19.4 Å². The van der Waals surface area contributed by atoms with Crippen LogP contribution in [0.2, 0.25) is 0 Å². The Morgan fingerprint density at radius 1 is 1.22 bits per heavy atom. The number of carboxylic acid groups (broad SMARTS) is 1. The lowest BCUT2D eigenvalue weighted by atomic mass is 9.90. The second-order valence-corrected chi connectivity index (χ2v) is 4.11. The van der Waals surface area contributed by atoms with Crippen LogP contribution in [0.3, 0.4) is 0 Å². The summed E-state index contributed by atoms with van der Waals surface area (Å²) in [6, 6.07) is 2.44. The zero-order chi connectivity index (χ0) is 14.1. The number of benzene rings is 1. The van der Waals surface area contributed by atoms with Gasteiger partial charge in [0.2, 0.25) is 5.91 Å². The molecule has 0 aromatic heterocycles. The molecule has 0 heterocycles. The molecule has 1 unspecified atom stereocenters. The van der Waals surface area contributed by atoms with Crippen molar-refractivity contribution in [1.29, 1.82) is 0 Å². The largest absolute Gasteiger partial charge is 0.479 e. The number of halogens is 2. The van der Waals surface area contributed by atoms with Gasteiger partial charge >= 0.3 is 5.97 Å². The summed E-state index contributed by atoms with van der Waals surface area (Å²) in [5.41, 5.74) is -1.96. The molecule has 1 amide bonds. The monoisotopic (exact) mass is 257 g/mol. The maximum atomic E-state index is 13.1.